The summed E-state index contributed by atoms with van der Waals surface area (Å²) in [5.74, 6) is 0.380. The molecule has 1 aliphatic heterocycles. The summed E-state index contributed by atoms with van der Waals surface area (Å²) < 4.78 is 5.08. The molecule has 1 N–H and O–H groups in total. The van der Waals surface area contributed by atoms with Crippen LogP contribution in [0.25, 0.3) is 0 Å². The zero-order chi connectivity index (χ0) is 16.0. The Labute approximate surface area is 134 Å². The molecule has 2 amide bonds. The number of aromatic nitrogens is 2. The van der Waals surface area contributed by atoms with Crippen LogP contribution < -0.4 is 5.32 Å². The predicted octanol–water partition coefficient (Wildman–Crippen LogP) is 1.47. The normalized spacial score (nSPS) is 23.6. The van der Waals surface area contributed by atoms with Crippen molar-refractivity contribution in [3.8, 4) is 0 Å². The van der Waals surface area contributed by atoms with Crippen LogP contribution in [0.4, 0.5) is 0 Å². The van der Waals surface area contributed by atoms with Gasteiger partial charge in [-0.2, -0.15) is 4.98 Å². The zero-order valence-electron chi connectivity index (χ0n) is 13.4. The van der Waals surface area contributed by atoms with Crippen LogP contribution in [0.15, 0.2) is 4.52 Å². The van der Waals surface area contributed by atoms with E-state index in [0.29, 0.717) is 17.2 Å². The highest BCUT2D eigenvalue weighted by Gasteiger charge is 2.45. The number of carbonyl (C=O) groups excluding carboxylic acids is 2. The Kier molecular flexibility index (Phi) is 3.39. The van der Waals surface area contributed by atoms with E-state index in [4.69, 9.17) is 4.52 Å². The lowest BCUT2D eigenvalue weighted by molar-refractivity contribution is -0.134. The van der Waals surface area contributed by atoms with E-state index < -0.39 is 11.9 Å². The van der Waals surface area contributed by atoms with Gasteiger partial charge in [0.05, 0.1) is 0 Å². The van der Waals surface area contributed by atoms with Gasteiger partial charge in [-0.15, -0.1) is 0 Å². The highest BCUT2D eigenvalue weighted by molar-refractivity contribution is 5.94. The van der Waals surface area contributed by atoms with E-state index in [1.165, 1.54) is 12.8 Å². The highest BCUT2D eigenvalue weighted by Crippen LogP contribution is 2.53. The molecule has 1 aromatic rings. The Balaban J connectivity index is 1.31. The Hall–Kier alpha value is -1.92. The molecule has 2 aliphatic carbocycles. The second-order valence-electron chi connectivity index (χ2n) is 7.25. The highest BCUT2D eigenvalue weighted by atomic mass is 16.5. The number of likely N-dealkylation sites (tertiary alicyclic amines) is 1. The lowest BCUT2D eigenvalue weighted by atomic mass is 9.93. The van der Waals surface area contributed by atoms with E-state index in [-0.39, 0.29) is 11.7 Å². The van der Waals surface area contributed by atoms with E-state index in [2.05, 4.69) is 15.5 Å². The lowest BCUT2D eigenvalue weighted by Crippen LogP contribution is -2.49. The zero-order valence-corrected chi connectivity index (χ0v) is 13.4. The van der Waals surface area contributed by atoms with Crippen molar-refractivity contribution < 1.29 is 14.1 Å². The van der Waals surface area contributed by atoms with Crippen molar-refractivity contribution in [1.82, 2.24) is 20.4 Å². The maximum absolute atomic E-state index is 12.5. The van der Waals surface area contributed by atoms with Crippen LogP contribution >= 0.6 is 0 Å². The van der Waals surface area contributed by atoms with Crippen LogP contribution in [-0.4, -0.2) is 46.0 Å². The van der Waals surface area contributed by atoms with Gasteiger partial charge in [-0.1, -0.05) is 5.16 Å². The molecule has 3 fully saturated rings. The van der Waals surface area contributed by atoms with Gasteiger partial charge in [-0.25, -0.2) is 0 Å². The molecular formula is C16H22N4O3. The van der Waals surface area contributed by atoms with Gasteiger partial charge in [-0.05, 0) is 50.9 Å². The summed E-state index contributed by atoms with van der Waals surface area (Å²) in [4.78, 5) is 30.6. The number of hydrogen-bond acceptors (Lipinski definition) is 5. The van der Waals surface area contributed by atoms with Crippen molar-refractivity contribution in [2.24, 2.45) is 5.41 Å². The maximum Gasteiger partial charge on any atom is 0.293 e. The largest absolute Gasteiger partial charge is 0.341 e. The minimum absolute atomic E-state index is 0.0159. The number of rotatable bonds is 4. The summed E-state index contributed by atoms with van der Waals surface area (Å²) in [5.41, 5.74) is 0.535. The molecular weight excluding hydrogens is 296 g/mol. The molecule has 1 atom stereocenters. The Morgan fingerprint density at radius 1 is 1.26 bits per heavy atom. The molecule has 1 spiro atoms. The van der Waals surface area contributed by atoms with Crippen molar-refractivity contribution in [3.05, 3.63) is 11.7 Å². The predicted molar refractivity (Wildman–Crippen MR) is 80.7 cm³/mol. The Morgan fingerprint density at radius 3 is 2.57 bits per heavy atom. The molecule has 7 heteroatoms. The molecule has 0 bridgehead atoms. The molecule has 2 saturated carbocycles. The van der Waals surface area contributed by atoms with E-state index in [1.54, 1.807) is 6.92 Å². The summed E-state index contributed by atoms with van der Waals surface area (Å²) in [5, 5.41) is 6.39. The van der Waals surface area contributed by atoms with Gasteiger partial charge in [0.15, 0.2) is 0 Å². The minimum Gasteiger partial charge on any atom is -0.341 e. The molecule has 2 heterocycles. The van der Waals surface area contributed by atoms with Crippen molar-refractivity contribution in [2.75, 3.05) is 13.1 Å². The SMILES string of the molecule is CC(NC(=O)c1noc(C2CC2)n1)C(=O)N1CCC2(CC1)CC2. The average Bonchev–Trinajstić information content (AvgIpc) is 3.48. The van der Waals surface area contributed by atoms with Crippen molar-refractivity contribution in [1.29, 1.82) is 0 Å². The molecule has 1 aromatic heterocycles. The smallest absolute Gasteiger partial charge is 0.293 e. The molecule has 124 valence electrons. The molecule has 0 radical (unpaired) electrons. The molecule has 0 aromatic carbocycles. The van der Waals surface area contributed by atoms with E-state index in [9.17, 15) is 9.59 Å². The van der Waals surface area contributed by atoms with Crippen LogP contribution in [-0.2, 0) is 4.79 Å². The number of hydrogen-bond donors (Lipinski definition) is 1. The summed E-state index contributed by atoms with van der Waals surface area (Å²) in [6.07, 6.45) is 6.87. The summed E-state index contributed by atoms with van der Waals surface area (Å²) in [6, 6.07) is -0.571. The fraction of sp³-hybridized carbons (Fsp3) is 0.750. The Morgan fingerprint density at radius 2 is 1.96 bits per heavy atom. The summed E-state index contributed by atoms with van der Waals surface area (Å²) >= 11 is 0. The number of nitrogens with zero attached hydrogens (tertiary/aromatic N) is 3. The van der Waals surface area contributed by atoms with Gasteiger partial charge in [0, 0.05) is 19.0 Å². The first-order valence-corrected chi connectivity index (χ1v) is 8.50. The minimum atomic E-state index is -0.571. The van der Waals surface area contributed by atoms with Crippen molar-refractivity contribution >= 4 is 11.8 Å². The van der Waals surface area contributed by atoms with Crippen LogP contribution in [0.5, 0.6) is 0 Å². The second-order valence-corrected chi connectivity index (χ2v) is 7.25. The summed E-state index contributed by atoms with van der Waals surface area (Å²) in [7, 11) is 0. The van der Waals surface area contributed by atoms with Crippen LogP contribution in [0.3, 0.4) is 0 Å². The van der Waals surface area contributed by atoms with E-state index in [0.717, 1.165) is 38.8 Å². The molecule has 7 nitrogen and oxygen atoms in total. The first-order valence-electron chi connectivity index (χ1n) is 8.50. The number of nitrogens with one attached hydrogen (secondary N) is 1. The van der Waals surface area contributed by atoms with Gasteiger partial charge < -0.3 is 14.7 Å². The molecule has 1 unspecified atom stereocenters. The maximum atomic E-state index is 12.5. The fourth-order valence-electron chi connectivity index (χ4n) is 3.30. The summed E-state index contributed by atoms with van der Waals surface area (Å²) in [6.45, 7) is 3.31. The number of carbonyl (C=O) groups is 2. The van der Waals surface area contributed by atoms with Gasteiger partial charge in [-0.3, -0.25) is 9.59 Å². The second kappa shape index (κ2) is 5.32. The fourth-order valence-corrected chi connectivity index (χ4v) is 3.30. The van der Waals surface area contributed by atoms with Crippen LogP contribution in [0.2, 0.25) is 0 Å². The standard InChI is InChI=1S/C16H22N4O3/c1-10(15(22)20-8-6-16(4-5-16)7-9-20)17-13(21)12-18-14(23-19-12)11-2-3-11/h10-11H,2-9H2,1H3,(H,17,21). The third-order valence-corrected chi connectivity index (χ3v) is 5.38. The topological polar surface area (TPSA) is 88.3 Å². The van der Waals surface area contributed by atoms with E-state index in [1.807, 2.05) is 4.90 Å². The average molecular weight is 318 g/mol. The lowest BCUT2D eigenvalue weighted by Gasteiger charge is -2.33. The molecule has 4 rings (SSSR count). The first kappa shape index (κ1) is 14.7. The molecule has 1 saturated heterocycles. The van der Waals surface area contributed by atoms with E-state index >= 15 is 0 Å². The van der Waals surface area contributed by atoms with Gasteiger partial charge in [0.25, 0.3) is 11.7 Å². The van der Waals surface area contributed by atoms with Gasteiger partial charge in [0.2, 0.25) is 11.8 Å². The molecule has 23 heavy (non-hydrogen) atoms. The quantitative estimate of drug-likeness (QED) is 0.908. The van der Waals surface area contributed by atoms with Crippen LogP contribution in [0, 0.1) is 5.41 Å². The monoisotopic (exact) mass is 318 g/mol. The van der Waals surface area contributed by atoms with Crippen molar-refractivity contribution in [2.45, 2.75) is 57.4 Å². The van der Waals surface area contributed by atoms with Gasteiger partial charge in [0.1, 0.15) is 6.04 Å². The van der Waals surface area contributed by atoms with Gasteiger partial charge >= 0.3 is 0 Å². The third-order valence-electron chi connectivity index (χ3n) is 5.38. The third kappa shape index (κ3) is 2.96. The van der Waals surface area contributed by atoms with Crippen molar-refractivity contribution in [3.63, 3.8) is 0 Å². The number of amides is 2. The number of piperidine rings is 1. The molecule has 3 aliphatic rings. The Bertz CT molecular complexity index is 623. The first-order chi connectivity index (χ1) is 11.1. The van der Waals surface area contributed by atoms with Crippen LogP contribution in [0.1, 0.15) is 67.9 Å².